The van der Waals surface area contributed by atoms with Gasteiger partial charge in [-0.1, -0.05) is 18.2 Å². The summed E-state index contributed by atoms with van der Waals surface area (Å²) in [5.74, 6) is 0. The van der Waals surface area contributed by atoms with Crippen LogP contribution in [0.1, 0.15) is 12.6 Å². The molecule has 0 atom stereocenters. The smallest absolute Gasteiger partial charge is 0.110 e. The molecule has 16 heavy (non-hydrogen) atoms. The van der Waals surface area contributed by atoms with Crippen molar-refractivity contribution in [2.24, 2.45) is 0 Å². The minimum atomic E-state index is 0.934. The fourth-order valence-electron chi connectivity index (χ4n) is 2.17. The quantitative estimate of drug-likeness (QED) is 0.619. The second-order valence-corrected chi connectivity index (χ2v) is 3.94. The number of aryl methyl sites for hydroxylation is 2. The van der Waals surface area contributed by atoms with Gasteiger partial charge in [0.15, 0.2) is 0 Å². The summed E-state index contributed by atoms with van der Waals surface area (Å²) in [7, 11) is 0. The predicted molar refractivity (Wildman–Crippen MR) is 65.4 cm³/mol. The summed E-state index contributed by atoms with van der Waals surface area (Å²) in [6.45, 7) is 5.08. The summed E-state index contributed by atoms with van der Waals surface area (Å²) >= 11 is 0. The number of benzene rings is 1. The van der Waals surface area contributed by atoms with E-state index >= 15 is 0 Å². The average molecular weight is 211 g/mol. The minimum Gasteiger partial charge on any atom is -0.330 e. The van der Waals surface area contributed by atoms with Crippen LogP contribution in [-0.2, 0) is 6.54 Å². The number of hydrogen-bond donors (Lipinski definition) is 0. The molecule has 3 rings (SSSR count). The summed E-state index contributed by atoms with van der Waals surface area (Å²) in [5.41, 5.74) is 4.26. The minimum absolute atomic E-state index is 0.934. The van der Waals surface area contributed by atoms with Gasteiger partial charge in [0.25, 0.3) is 0 Å². The number of hydrogen-bond acceptors (Lipinski definition) is 2. The lowest BCUT2D eigenvalue weighted by atomic mass is 10.1. The van der Waals surface area contributed by atoms with E-state index in [2.05, 4.69) is 33.6 Å². The Morgan fingerprint density at radius 1 is 1.25 bits per heavy atom. The molecule has 0 saturated carbocycles. The fraction of sp³-hybridized carbons (Fsp3) is 0.231. The van der Waals surface area contributed by atoms with Gasteiger partial charge in [-0.25, -0.2) is 4.98 Å². The van der Waals surface area contributed by atoms with Crippen LogP contribution in [0.15, 0.2) is 30.6 Å². The van der Waals surface area contributed by atoms with E-state index in [4.69, 9.17) is 0 Å². The molecule has 1 aromatic carbocycles. The van der Waals surface area contributed by atoms with Gasteiger partial charge >= 0.3 is 0 Å². The topological polar surface area (TPSA) is 30.7 Å². The van der Waals surface area contributed by atoms with E-state index in [0.717, 1.165) is 23.3 Å². The number of aromatic nitrogens is 3. The highest BCUT2D eigenvalue weighted by Crippen LogP contribution is 2.24. The zero-order chi connectivity index (χ0) is 11.1. The first-order valence-corrected chi connectivity index (χ1v) is 5.51. The predicted octanol–water partition coefficient (Wildman–Crippen LogP) is 2.91. The monoisotopic (exact) mass is 211 g/mol. The van der Waals surface area contributed by atoms with Crippen molar-refractivity contribution in [2.75, 3.05) is 0 Å². The van der Waals surface area contributed by atoms with E-state index in [1.807, 2.05) is 25.4 Å². The zero-order valence-electron chi connectivity index (χ0n) is 9.44. The Hall–Kier alpha value is -1.90. The van der Waals surface area contributed by atoms with Crippen LogP contribution in [0.4, 0.5) is 0 Å². The Morgan fingerprint density at radius 3 is 2.88 bits per heavy atom. The molecule has 0 spiro atoms. The van der Waals surface area contributed by atoms with Crippen molar-refractivity contribution >= 4 is 21.9 Å². The van der Waals surface area contributed by atoms with E-state index in [0.29, 0.717) is 0 Å². The summed E-state index contributed by atoms with van der Waals surface area (Å²) in [6, 6.07) is 8.23. The van der Waals surface area contributed by atoms with Crippen LogP contribution in [0.3, 0.4) is 0 Å². The SMILES string of the molecule is CCn1cnc2c(C)nc3ccccc3c21. The largest absolute Gasteiger partial charge is 0.330 e. The van der Waals surface area contributed by atoms with Gasteiger partial charge < -0.3 is 4.57 Å². The number of fused-ring (bicyclic) bond motifs is 3. The number of pyridine rings is 1. The van der Waals surface area contributed by atoms with Crippen LogP contribution in [0.2, 0.25) is 0 Å². The number of nitrogens with zero attached hydrogens (tertiary/aromatic N) is 3. The Kier molecular flexibility index (Phi) is 1.93. The van der Waals surface area contributed by atoms with Gasteiger partial charge in [0, 0.05) is 11.9 Å². The van der Waals surface area contributed by atoms with Crippen LogP contribution >= 0.6 is 0 Å². The lowest BCUT2D eigenvalue weighted by Gasteiger charge is -2.04. The molecule has 0 aliphatic carbocycles. The molecular weight excluding hydrogens is 198 g/mol. The Labute approximate surface area is 93.7 Å². The van der Waals surface area contributed by atoms with E-state index in [1.54, 1.807) is 0 Å². The summed E-state index contributed by atoms with van der Waals surface area (Å²) in [6.07, 6.45) is 1.89. The number of para-hydroxylation sites is 1. The standard InChI is InChI=1S/C13H13N3/c1-3-16-8-14-12-9(2)15-11-7-5-4-6-10(11)13(12)16/h4-8H,3H2,1-2H3. The molecule has 0 bridgehead atoms. The summed E-state index contributed by atoms with van der Waals surface area (Å²) in [5, 5.41) is 1.18. The maximum atomic E-state index is 4.58. The van der Waals surface area contributed by atoms with Crippen LogP contribution in [0.25, 0.3) is 21.9 Å². The highest BCUT2D eigenvalue weighted by molar-refractivity contribution is 6.03. The first-order valence-electron chi connectivity index (χ1n) is 5.51. The van der Waals surface area contributed by atoms with Gasteiger partial charge in [0.2, 0.25) is 0 Å². The molecule has 2 aromatic heterocycles. The van der Waals surface area contributed by atoms with E-state index in [1.165, 1.54) is 10.9 Å². The average Bonchev–Trinajstić information content (AvgIpc) is 2.74. The molecule has 0 fully saturated rings. The van der Waals surface area contributed by atoms with Gasteiger partial charge in [-0.3, -0.25) is 4.98 Å². The molecule has 3 nitrogen and oxygen atoms in total. The van der Waals surface area contributed by atoms with Crippen LogP contribution in [0, 0.1) is 6.92 Å². The molecule has 0 N–H and O–H groups in total. The van der Waals surface area contributed by atoms with Crippen molar-refractivity contribution in [3.05, 3.63) is 36.3 Å². The van der Waals surface area contributed by atoms with Crippen molar-refractivity contribution in [1.82, 2.24) is 14.5 Å². The Morgan fingerprint density at radius 2 is 2.06 bits per heavy atom. The lowest BCUT2D eigenvalue weighted by Crippen LogP contribution is -1.94. The molecule has 0 unspecified atom stereocenters. The van der Waals surface area contributed by atoms with Gasteiger partial charge in [-0.15, -0.1) is 0 Å². The Balaban J connectivity index is 2.59. The van der Waals surface area contributed by atoms with Gasteiger partial charge in [-0.05, 0) is 19.9 Å². The summed E-state index contributed by atoms with van der Waals surface area (Å²) < 4.78 is 2.17. The molecule has 0 aliphatic heterocycles. The van der Waals surface area contributed by atoms with Crippen LogP contribution in [0.5, 0.6) is 0 Å². The van der Waals surface area contributed by atoms with Crippen molar-refractivity contribution in [1.29, 1.82) is 0 Å². The van der Waals surface area contributed by atoms with Crippen molar-refractivity contribution in [3.8, 4) is 0 Å². The van der Waals surface area contributed by atoms with Gasteiger partial charge in [0.05, 0.1) is 23.1 Å². The van der Waals surface area contributed by atoms with Crippen molar-refractivity contribution < 1.29 is 0 Å². The van der Waals surface area contributed by atoms with E-state index in [-0.39, 0.29) is 0 Å². The molecule has 80 valence electrons. The third kappa shape index (κ3) is 1.14. The third-order valence-electron chi connectivity index (χ3n) is 2.97. The molecular formula is C13H13N3. The Bertz CT molecular complexity index is 667. The number of imidazole rings is 1. The van der Waals surface area contributed by atoms with Crippen LogP contribution in [-0.4, -0.2) is 14.5 Å². The molecule has 3 heteroatoms. The second-order valence-electron chi connectivity index (χ2n) is 3.94. The first-order chi connectivity index (χ1) is 7.81. The van der Waals surface area contributed by atoms with Crippen molar-refractivity contribution in [3.63, 3.8) is 0 Å². The van der Waals surface area contributed by atoms with E-state index in [9.17, 15) is 0 Å². The molecule has 0 amide bonds. The summed E-state index contributed by atoms with van der Waals surface area (Å²) in [4.78, 5) is 9.02. The van der Waals surface area contributed by atoms with Gasteiger partial charge in [-0.2, -0.15) is 0 Å². The molecule has 0 aliphatic rings. The molecule has 0 radical (unpaired) electrons. The molecule has 3 aromatic rings. The highest BCUT2D eigenvalue weighted by atomic mass is 15.0. The normalized spacial score (nSPS) is 11.4. The maximum Gasteiger partial charge on any atom is 0.110 e. The lowest BCUT2D eigenvalue weighted by molar-refractivity contribution is 0.789. The third-order valence-corrected chi connectivity index (χ3v) is 2.97. The second kappa shape index (κ2) is 3.30. The van der Waals surface area contributed by atoms with Crippen LogP contribution < -0.4 is 0 Å². The highest BCUT2D eigenvalue weighted by Gasteiger charge is 2.09. The van der Waals surface area contributed by atoms with Gasteiger partial charge in [0.1, 0.15) is 5.52 Å². The van der Waals surface area contributed by atoms with E-state index < -0.39 is 0 Å². The first kappa shape index (κ1) is 9.33. The zero-order valence-corrected chi connectivity index (χ0v) is 9.44. The van der Waals surface area contributed by atoms with Crippen molar-refractivity contribution in [2.45, 2.75) is 20.4 Å². The fourth-order valence-corrected chi connectivity index (χ4v) is 2.17. The maximum absolute atomic E-state index is 4.58. The number of rotatable bonds is 1. The molecule has 2 heterocycles. The molecule has 0 saturated heterocycles.